The number of carbonyl (C=O) groups excluding carboxylic acids is 2. The van der Waals surface area contributed by atoms with Crippen LogP contribution in [0.5, 0.6) is 0 Å². The zero-order valence-electron chi connectivity index (χ0n) is 13.8. The molecular weight excluding hydrogens is 340 g/mol. The Bertz CT molecular complexity index is 726. The van der Waals surface area contributed by atoms with Gasteiger partial charge in [-0.3, -0.25) is 14.6 Å². The predicted octanol–water partition coefficient (Wildman–Crippen LogP) is 2.50. The highest BCUT2D eigenvalue weighted by atomic mass is 35.5. The van der Waals surface area contributed by atoms with Crippen molar-refractivity contribution in [2.24, 2.45) is 0 Å². The highest BCUT2D eigenvalue weighted by Crippen LogP contribution is 2.15. The van der Waals surface area contributed by atoms with Crippen LogP contribution in [0.1, 0.15) is 28.9 Å². The summed E-state index contributed by atoms with van der Waals surface area (Å²) in [4.78, 5) is 30.3. The number of rotatable bonds is 4. The van der Waals surface area contributed by atoms with Gasteiger partial charge in [0.05, 0.1) is 18.3 Å². The van der Waals surface area contributed by atoms with Gasteiger partial charge in [-0.25, -0.2) is 0 Å². The van der Waals surface area contributed by atoms with Crippen molar-refractivity contribution in [3.05, 3.63) is 53.9 Å². The van der Waals surface area contributed by atoms with Crippen LogP contribution < -0.4 is 11.1 Å². The maximum absolute atomic E-state index is 12.3. The highest BCUT2D eigenvalue weighted by Gasteiger charge is 2.19. The highest BCUT2D eigenvalue weighted by molar-refractivity contribution is 5.96. The van der Waals surface area contributed by atoms with E-state index in [-0.39, 0.29) is 30.6 Å². The van der Waals surface area contributed by atoms with Crippen molar-refractivity contribution < 1.29 is 9.59 Å². The molecular formula is C18H21ClN4O2. The molecule has 2 heterocycles. The van der Waals surface area contributed by atoms with Gasteiger partial charge in [-0.05, 0) is 49.2 Å². The number of benzene rings is 1. The molecule has 1 saturated heterocycles. The molecule has 0 atom stereocenters. The van der Waals surface area contributed by atoms with Gasteiger partial charge in [0.1, 0.15) is 0 Å². The third-order valence-corrected chi connectivity index (χ3v) is 4.00. The van der Waals surface area contributed by atoms with Crippen LogP contribution in [0.2, 0.25) is 0 Å². The first-order chi connectivity index (χ1) is 11.6. The van der Waals surface area contributed by atoms with E-state index in [1.54, 1.807) is 36.4 Å². The van der Waals surface area contributed by atoms with Crippen molar-refractivity contribution in [3.8, 4) is 0 Å². The van der Waals surface area contributed by atoms with Gasteiger partial charge in [-0.1, -0.05) is 0 Å². The number of hydrogen-bond acceptors (Lipinski definition) is 4. The van der Waals surface area contributed by atoms with Gasteiger partial charge in [0.15, 0.2) is 0 Å². The molecule has 132 valence electrons. The van der Waals surface area contributed by atoms with Crippen molar-refractivity contribution in [2.45, 2.75) is 19.3 Å². The summed E-state index contributed by atoms with van der Waals surface area (Å²) < 4.78 is 0. The number of nitrogens with two attached hydrogens (primary N) is 1. The van der Waals surface area contributed by atoms with Crippen LogP contribution in [-0.4, -0.2) is 34.8 Å². The molecule has 6 nitrogen and oxygen atoms in total. The second-order valence-corrected chi connectivity index (χ2v) is 5.88. The fraction of sp³-hybridized carbons (Fsp3) is 0.278. The summed E-state index contributed by atoms with van der Waals surface area (Å²) in [6, 6.07) is 10.4. The summed E-state index contributed by atoms with van der Waals surface area (Å²) in [6.07, 6.45) is 3.84. The summed E-state index contributed by atoms with van der Waals surface area (Å²) in [5.74, 6) is -0.109. The van der Waals surface area contributed by atoms with Gasteiger partial charge in [-0.2, -0.15) is 0 Å². The number of nitrogen functional groups attached to an aromatic ring is 1. The molecule has 0 unspecified atom stereocenters. The molecule has 7 heteroatoms. The molecule has 1 aromatic heterocycles. The first-order valence-corrected chi connectivity index (χ1v) is 8.01. The molecule has 0 radical (unpaired) electrons. The Morgan fingerprint density at radius 1 is 1.08 bits per heavy atom. The van der Waals surface area contributed by atoms with E-state index in [1.807, 2.05) is 4.90 Å². The first-order valence-electron chi connectivity index (χ1n) is 8.01. The molecule has 3 rings (SSSR count). The normalized spacial score (nSPS) is 13.2. The van der Waals surface area contributed by atoms with Gasteiger partial charge < -0.3 is 16.0 Å². The van der Waals surface area contributed by atoms with Crippen LogP contribution in [-0.2, 0) is 11.2 Å². The number of pyridine rings is 1. The number of anilines is 2. The van der Waals surface area contributed by atoms with E-state index >= 15 is 0 Å². The van der Waals surface area contributed by atoms with Gasteiger partial charge in [0.25, 0.3) is 5.91 Å². The van der Waals surface area contributed by atoms with Gasteiger partial charge in [0, 0.05) is 30.0 Å². The molecule has 0 bridgehead atoms. The SMILES string of the molecule is Cl.Nc1ccc(CC(=O)Nc2ccc(C(=O)N3CCCC3)cc2)nc1. The molecule has 0 spiro atoms. The Morgan fingerprint density at radius 2 is 1.76 bits per heavy atom. The smallest absolute Gasteiger partial charge is 0.253 e. The molecule has 1 aromatic carbocycles. The lowest BCUT2D eigenvalue weighted by atomic mass is 10.1. The fourth-order valence-corrected chi connectivity index (χ4v) is 2.71. The van der Waals surface area contributed by atoms with Crippen LogP contribution >= 0.6 is 12.4 Å². The lowest BCUT2D eigenvalue weighted by molar-refractivity contribution is -0.115. The van der Waals surface area contributed by atoms with Crippen molar-refractivity contribution in [2.75, 3.05) is 24.1 Å². The molecule has 25 heavy (non-hydrogen) atoms. The van der Waals surface area contributed by atoms with Crippen molar-refractivity contribution >= 4 is 35.6 Å². The Kier molecular flexibility index (Phi) is 6.36. The topological polar surface area (TPSA) is 88.3 Å². The first kappa shape index (κ1) is 18.7. The predicted molar refractivity (Wildman–Crippen MR) is 99.8 cm³/mol. The third-order valence-electron chi connectivity index (χ3n) is 4.00. The average molecular weight is 361 g/mol. The largest absolute Gasteiger partial charge is 0.397 e. The third kappa shape index (κ3) is 4.93. The van der Waals surface area contributed by atoms with Crippen LogP contribution in [0.4, 0.5) is 11.4 Å². The number of amides is 2. The minimum Gasteiger partial charge on any atom is -0.397 e. The summed E-state index contributed by atoms with van der Waals surface area (Å²) >= 11 is 0. The van der Waals surface area contributed by atoms with Crippen LogP contribution in [0, 0.1) is 0 Å². The summed E-state index contributed by atoms with van der Waals surface area (Å²) in [5.41, 5.74) is 8.10. The summed E-state index contributed by atoms with van der Waals surface area (Å²) in [5, 5.41) is 2.81. The second kappa shape index (κ2) is 8.48. The number of hydrogen-bond donors (Lipinski definition) is 2. The van der Waals surface area contributed by atoms with E-state index in [0.29, 0.717) is 22.6 Å². The van der Waals surface area contributed by atoms with Crippen LogP contribution in [0.15, 0.2) is 42.6 Å². The molecule has 1 aliphatic rings. The van der Waals surface area contributed by atoms with Crippen LogP contribution in [0.3, 0.4) is 0 Å². The Hall–Kier alpha value is -2.60. The Morgan fingerprint density at radius 3 is 2.36 bits per heavy atom. The van der Waals surface area contributed by atoms with Crippen LogP contribution in [0.25, 0.3) is 0 Å². The van der Waals surface area contributed by atoms with Gasteiger partial charge in [0.2, 0.25) is 5.91 Å². The second-order valence-electron chi connectivity index (χ2n) is 5.88. The zero-order valence-corrected chi connectivity index (χ0v) is 14.6. The van der Waals surface area contributed by atoms with Crippen molar-refractivity contribution in [1.82, 2.24) is 9.88 Å². The van der Waals surface area contributed by atoms with Gasteiger partial charge in [-0.15, -0.1) is 12.4 Å². The van der Waals surface area contributed by atoms with E-state index in [4.69, 9.17) is 5.73 Å². The van der Waals surface area contributed by atoms with E-state index in [9.17, 15) is 9.59 Å². The molecule has 0 saturated carbocycles. The molecule has 1 aliphatic heterocycles. The fourth-order valence-electron chi connectivity index (χ4n) is 2.71. The van der Waals surface area contributed by atoms with E-state index in [1.165, 1.54) is 6.20 Å². The number of halogens is 1. The molecule has 0 aliphatic carbocycles. The number of nitrogens with zero attached hydrogens (tertiary/aromatic N) is 2. The number of likely N-dealkylation sites (tertiary alicyclic amines) is 1. The minimum absolute atomic E-state index is 0. The van der Waals surface area contributed by atoms with E-state index in [0.717, 1.165) is 25.9 Å². The summed E-state index contributed by atoms with van der Waals surface area (Å²) in [6.45, 7) is 1.65. The van der Waals surface area contributed by atoms with Crippen molar-refractivity contribution in [1.29, 1.82) is 0 Å². The maximum Gasteiger partial charge on any atom is 0.253 e. The lowest BCUT2D eigenvalue weighted by Gasteiger charge is -2.15. The average Bonchev–Trinajstić information content (AvgIpc) is 3.11. The number of nitrogens with one attached hydrogen (secondary N) is 1. The zero-order chi connectivity index (χ0) is 16.9. The monoisotopic (exact) mass is 360 g/mol. The quantitative estimate of drug-likeness (QED) is 0.876. The summed E-state index contributed by atoms with van der Waals surface area (Å²) in [7, 11) is 0. The standard InChI is InChI=1S/C18H20N4O2.ClH/c19-14-5-8-16(20-12-14)11-17(23)21-15-6-3-13(4-7-15)18(24)22-9-1-2-10-22;/h3-8,12H,1-2,9-11,19H2,(H,21,23);1H. The molecule has 2 amide bonds. The molecule has 1 fully saturated rings. The molecule has 2 aromatic rings. The minimum atomic E-state index is -0.161. The van der Waals surface area contributed by atoms with E-state index < -0.39 is 0 Å². The number of aromatic nitrogens is 1. The lowest BCUT2D eigenvalue weighted by Crippen LogP contribution is -2.27. The molecule has 3 N–H and O–H groups in total. The Labute approximate surface area is 152 Å². The van der Waals surface area contributed by atoms with Crippen molar-refractivity contribution in [3.63, 3.8) is 0 Å². The van der Waals surface area contributed by atoms with E-state index in [2.05, 4.69) is 10.3 Å². The Balaban J connectivity index is 0.00000225. The number of carbonyl (C=O) groups is 2. The maximum atomic E-state index is 12.3. The van der Waals surface area contributed by atoms with Gasteiger partial charge >= 0.3 is 0 Å².